The van der Waals surface area contributed by atoms with Crippen LogP contribution in [0.15, 0.2) is 36.5 Å². The van der Waals surface area contributed by atoms with Crippen LogP contribution >= 0.6 is 0 Å². The number of methoxy groups -OCH3 is 1. The number of aromatic hydroxyl groups is 1. The number of ether oxygens (including phenoxy) is 1. The van der Waals surface area contributed by atoms with Gasteiger partial charge in [-0.3, -0.25) is 4.79 Å². The number of hydrogen-bond acceptors (Lipinski definition) is 5. The first-order valence-corrected chi connectivity index (χ1v) is 7.57. The summed E-state index contributed by atoms with van der Waals surface area (Å²) >= 11 is 0. The number of benzene rings is 1. The smallest absolute Gasteiger partial charge is 0.259 e. The number of nitrogens with zero attached hydrogens (tertiary/aromatic N) is 2. The van der Waals surface area contributed by atoms with Crippen LogP contribution in [-0.4, -0.2) is 36.2 Å². The molecule has 2 heterocycles. The number of aromatic nitrogens is 1. The van der Waals surface area contributed by atoms with Gasteiger partial charge in [-0.25, -0.2) is 4.98 Å². The quantitative estimate of drug-likeness (QED) is 0.907. The molecule has 1 amide bonds. The molecule has 1 aliphatic rings. The topological polar surface area (TPSA) is 74.7 Å². The van der Waals surface area contributed by atoms with Crippen LogP contribution in [0.25, 0.3) is 0 Å². The Kier molecular flexibility index (Phi) is 4.32. The average molecular weight is 313 g/mol. The lowest BCUT2D eigenvalue weighted by molar-refractivity contribution is 0.102. The minimum absolute atomic E-state index is 0.122. The molecule has 2 N–H and O–H groups in total. The SMILES string of the molecule is COc1ccc(C(=O)Nc2ccc(N3CCCC3)nc2)c(O)c1. The molecule has 0 unspecified atom stereocenters. The third-order valence-corrected chi connectivity index (χ3v) is 3.89. The summed E-state index contributed by atoms with van der Waals surface area (Å²) in [6.45, 7) is 2.05. The van der Waals surface area contributed by atoms with Gasteiger partial charge in [-0.1, -0.05) is 0 Å². The van der Waals surface area contributed by atoms with Gasteiger partial charge < -0.3 is 20.1 Å². The summed E-state index contributed by atoms with van der Waals surface area (Å²) < 4.78 is 5.00. The van der Waals surface area contributed by atoms with Crippen molar-refractivity contribution in [2.45, 2.75) is 12.8 Å². The lowest BCUT2D eigenvalue weighted by Crippen LogP contribution is -2.19. The number of nitrogens with one attached hydrogen (secondary N) is 1. The molecule has 1 aliphatic heterocycles. The molecule has 6 nitrogen and oxygen atoms in total. The first-order chi connectivity index (χ1) is 11.2. The molecular formula is C17H19N3O3. The van der Waals surface area contributed by atoms with Gasteiger partial charge in [0.05, 0.1) is 24.6 Å². The number of phenolic OH excluding ortho intramolecular Hbond substituents is 1. The number of carbonyl (C=O) groups excluding carboxylic acids is 1. The molecule has 1 fully saturated rings. The highest BCUT2D eigenvalue weighted by Crippen LogP contribution is 2.25. The number of hydrogen-bond donors (Lipinski definition) is 2. The van der Waals surface area contributed by atoms with Crippen molar-refractivity contribution in [3.63, 3.8) is 0 Å². The Labute approximate surface area is 134 Å². The zero-order chi connectivity index (χ0) is 16.2. The van der Waals surface area contributed by atoms with Crippen molar-refractivity contribution in [2.24, 2.45) is 0 Å². The lowest BCUT2D eigenvalue weighted by Gasteiger charge is -2.16. The highest BCUT2D eigenvalue weighted by molar-refractivity contribution is 6.06. The maximum atomic E-state index is 12.2. The van der Waals surface area contributed by atoms with Gasteiger partial charge in [-0.05, 0) is 37.1 Å². The van der Waals surface area contributed by atoms with E-state index >= 15 is 0 Å². The van der Waals surface area contributed by atoms with E-state index in [0.717, 1.165) is 18.9 Å². The number of anilines is 2. The summed E-state index contributed by atoms with van der Waals surface area (Å²) in [6, 6.07) is 8.27. The Hall–Kier alpha value is -2.76. The number of phenols is 1. The molecule has 3 rings (SSSR count). The highest BCUT2D eigenvalue weighted by Gasteiger charge is 2.15. The fourth-order valence-electron chi connectivity index (χ4n) is 2.62. The summed E-state index contributed by atoms with van der Waals surface area (Å²) in [6.07, 6.45) is 4.01. The molecule has 0 saturated carbocycles. The molecular weight excluding hydrogens is 294 g/mol. The Balaban J connectivity index is 1.70. The van der Waals surface area contributed by atoms with Crippen molar-refractivity contribution in [1.29, 1.82) is 0 Å². The van der Waals surface area contributed by atoms with E-state index in [4.69, 9.17) is 4.74 Å². The zero-order valence-corrected chi connectivity index (χ0v) is 13.0. The predicted octanol–water partition coefficient (Wildman–Crippen LogP) is 2.65. The molecule has 0 bridgehead atoms. The molecule has 0 radical (unpaired) electrons. The van der Waals surface area contributed by atoms with Crippen molar-refractivity contribution in [1.82, 2.24) is 4.98 Å². The highest BCUT2D eigenvalue weighted by atomic mass is 16.5. The molecule has 2 aromatic rings. The van der Waals surface area contributed by atoms with Crippen LogP contribution in [0.3, 0.4) is 0 Å². The van der Waals surface area contributed by atoms with Crippen LogP contribution in [0.1, 0.15) is 23.2 Å². The van der Waals surface area contributed by atoms with Gasteiger partial charge >= 0.3 is 0 Å². The fraction of sp³-hybridized carbons (Fsp3) is 0.294. The third-order valence-electron chi connectivity index (χ3n) is 3.89. The first kappa shape index (κ1) is 15.1. The second-order valence-corrected chi connectivity index (χ2v) is 5.44. The van der Waals surface area contributed by atoms with Crippen LogP contribution in [0, 0.1) is 0 Å². The Bertz CT molecular complexity index is 695. The molecule has 23 heavy (non-hydrogen) atoms. The van der Waals surface area contributed by atoms with Crippen molar-refractivity contribution >= 4 is 17.4 Å². The van der Waals surface area contributed by atoms with Crippen LogP contribution < -0.4 is 15.0 Å². The van der Waals surface area contributed by atoms with Crippen molar-refractivity contribution in [3.05, 3.63) is 42.1 Å². The second kappa shape index (κ2) is 6.56. The fourth-order valence-corrected chi connectivity index (χ4v) is 2.62. The van der Waals surface area contributed by atoms with Crippen LogP contribution in [0.4, 0.5) is 11.5 Å². The molecule has 1 aromatic heterocycles. The minimum atomic E-state index is -0.388. The standard InChI is InChI=1S/C17H19N3O3/c1-23-13-5-6-14(15(21)10-13)17(22)19-12-4-7-16(18-11-12)20-8-2-3-9-20/h4-7,10-11,21H,2-3,8-9H2,1H3,(H,19,22). The van der Waals surface area contributed by atoms with Gasteiger partial charge in [0, 0.05) is 19.2 Å². The van der Waals surface area contributed by atoms with Crippen LogP contribution in [0.5, 0.6) is 11.5 Å². The number of carbonyl (C=O) groups is 1. The van der Waals surface area contributed by atoms with E-state index in [0.29, 0.717) is 11.4 Å². The largest absolute Gasteiger partial charge is 0.507 e. The number of rotatable bonds is 4. The van der Waals surface area contributed by atoms with Crippen LogP contribution in [0.2, 0.25) is 0 Å². The predicted molar refractivity (Wildman–Crippen MR) is 88.3 cm³/mol. The lowest BCUT2D eigenvalue weighted by atomic mass is 10.1. The summed E-state index contributed by atoms with van der Waals surface area (Å²) in [5, 5.41) is 12.6. The molecule has 120 valence electrons. The Morgan fingerprint density at radius 2 is 2.04 bits per heavy atom. The maximum absolute atomic E-state index is 12.2. The molecule has 1 saturated heterocycles. The summed E-state index contributed by atoms with van der Waals surface area (Å²) in [4.78, 5) is 18.8. The number of pyridine rings is 1. The minimum Gasteiger partial charge on any atom is -0.507 e. The van der Waals surface area contributed by atoms with E-state index in [2.05, 4.69) is 15.2 Å². The monoisotopic (exact) mass is 313 g/mol. The summed E-state index contributed by atoms with van der Waals surface area (Å²) in [5.74, 6) is 0.910. The van der Waals surface area contributed by atoms with Gasteiger partial charge in [0.1, 0.15) is 17.3 Å². The molecule has 0 aliphatic carbocycles. The molecule has 6 heteroatoms. The van der Waals surface area contributed by atoms with Crippen LogP contribution in [-0.2, 0) is 0 Å². The molecule has 0 spiro atoms. The van der Waals surface area contributed by atoms with Gasteiger partial charge in [-0.2, -0.15) is 0 Å². The van der Waals surface area contributed by atoms with E-state index in [-0.39, 0.29) is 17.2 Å². The van der Waals surface area contributed by atoms with Gasteiger partial charge in [0.2, 0.25) is 0 Å². The van der Waals surface area contributed by atoms with E-state index in [1.165, 1.54) is 32.1 Å². The summed E-state index contributed by atoms with van der Waals surface area (Å²) in [7, 11) is 1.50. The Morgan fingerprint density at radius 1 is 1.26 bits per heavy atom. The zero-order valence-electron chi connectivity index (χ0n) is 13.0. The average Bonchev–Trinajstić information content (AvgIpc) is 3.09. The maximum Gasteiger partial charge on any atom is 0.259 e. The van der Waals surface area contributed by atoms with E-state index in [1.807, 2.05) is 12.1 Å². The molecule has 1 aromatic carbocycles. The van der Waals surface area contributed by atoms with E-state index in [1.54, 1.807) is 12.3 Å². The van der Waals surface area contributed by atoms with Crippen molar-refractivity contribution < 1.29 is 14.6 Å². The van der Waals surface area contributed by atoms with Crippen molar-refractivity contribution in [2.75, 3.05) is 30.4 Å². The summed E-state index contributed by atoms with van der Waals surface area (Å²) in [5.41, 5.74) is 0.780. The first-order valence-electron chi connectivity index (χ1n) is 7.57. The van der Waals surface area contributed by atoms with E-state index < -0.39 is 0 Å². The van der Waals surface area contributed by atoms with Crippen molar-refractivity contribution in [3.8, 4) is 11.5 Å². The third kappa shape index (κ3) is 3.36. The Morgan fingerprint density at radius 3 is 2.65 bits per heavy atom. The normalized spacial score (nSPS) is 13.9. The second-order valence-electron chi connectivity index (χ2n) is 5.44. The van der Waals surface area contributed by atoms with Gasteiger partial charge in [0.15, 0.2) is 0 Å². The number of amides is 1. The van der Waals surface area contributed by atoms with Gasteiger partial charge in [-0.15, -0.1) is 0 Å². The molecule has 0 atom stereocenters. The van der Waals surface area contributed by atoms with E-state index in [9.17, 15) is 9.90 Å². The van der Waals surface area contributed by atoms with Gasteiger partial charge in [0.25, 0.3) is 5.91 Å².